The standard InChI is InChI=1S/C23H25F2NO3/c1-29-20-8-3-17(4-9-20)5-10-22(28)26-12-2-11-23(15-26,16-27)14-18-6-7-19(24)13-21(18)25/h3-10,13,27H,2,11-12,14-16H2,1H3/b10-5+/t23-/m1/s1. The van der Waals surface area contributed by atoms with Crippen molar-refractivity contribution in [2.24, 2.45) is 5.41 Å². The van der Waals surface area contributed by atoms with Crippen molar-refractivity contribution in [3.8, 4) is 5.75 Å². The summed E-state index contributed by atoms with van der Waals surface area (Å²) in [7, 11) is 1.59. The van der Waals surface area contributed by atoms with E-state index in [2.05, 4.69) is 0 Å². The van der Waals surface area contributed by atoms with E-state index < -0.39 is 17.0 Å². The van der Waals surface area contributed by atoms with Crippen molar-refractivity contribution in [1.82, 2.24) is 4.90 Å². The Morgan fingerprint density at radius 3 is 2.66 bits per heavy atom. The fourth-order valence-electron chi connectivity index (χ4n) is 3.78. The number of aliphatic hydroxyl groups excluding tert-OH is 1. The summed E-state index contributed by atoms with van der Waals surface area (Å²) in [5, 5.41) is 10.0. The second-order valence-corrected chi connectivity index (χ2v) is 7.54. The molecule has 29 heavy (non-hydrogen) atoms. The summed E-state index contributed by atoms with van der Waals surface area (Å²) < 4.78 is 32.4. The number of hydrogen-bond acceptors (Lipinski definition) is 3. The quantitative estimate of drug-likeness (QED) is 0.749. The third kappa shape index (κ3) is 5.21. The first-order chi connectivity index (χ1) is 13.9. The highest BCUT2D eigenvalue weighted by Gasteiger charge is 2.37. The molecule has 0 aromatic heterocycles. The van der Waals surface area contributed by atoms with E-state index in [0.717, 1.165) is 17.4 Å². The van der Waals surface area contributed by atoms with Crippen LogP contribution in [0.2, 0.25) is 0 Å². The van der Waals surface area contributed by atoms with E-state index in [9.17, 15) is 18.7 Å². The van der Waals surface area contributed by atoms with Crippen molar-refractivity contribution in [3.63, 3.8) is 0 Å². The van der Waals surface area contributed by atoms with Gasteiger partial charge in [0.2, 0.25) is 5.91 Å². The summed E-state index contributed by atoms with van der Waals surface area (Å²) in [6, 6.07) is 10.8. The summed E-state index contributed by atoms with van der Waals surface area (Å²) >= 11 is 0. The molecule has 1 N–H and O–H groups in total. The second-order valence-electron chi connectivity index (χ2n) is 7.54. The molecular formula is C23H25F2NO3. The predicted octanol–water partition coefficient (Wildman–Crippen LogP) is 3.83. The second kappa shape index (κ2) is 9.18. The van der Waals surface area contributed by atoms with E-state index in [1.807, 2.05) is 24.3 Å². The maximum Gasteiger partial charge on any atom is 0.246 e. The Balaban J connectivity index is 1.70. The molecule has 2 aromatic rings. The minimum absolute atomic E-state index is 0.155. The molecule has 0 spiro atoms. The van der Waals surface area contributed by atoms with Crippen molar-refractivity contribution in [2.75, 3.05) is 26.8 Å². The summed E-state index contributed by atoms with van der Waals surface area (Å²) in [5.74, 6) is -0.669. The average Bonchev–Trinajstić information content (AvgIpc) is 2.74. The molecular weight excluding hydrogens is 376 g/mol. The molecule has 0 radical (unpaired) electrons. The van der Waals surface area contributed by atoms with Crippen molar-refractivity contribution in [2.45, 2.75) is 19.3 Å². The lowest BCUT2D eigenvalue weighted by Gasteiger charge is -2.41. The number of aliphatic hydroxyl groups is 1. The molecule has 3 rings (SSSR count). The Morgan fingerprint density at radius 2 is 2.00 bits per heavy atom. The highest BCUT2D eigenvalue weighted by atomic mass is 19.1. The number of benzene rings is 2. The zero-order chi connectivity index (χ0) is 20.9. The van der Waals surface area contributed by atoms with E-state index in [0.29, 0.717) is 31.5 Å². The van der Waals surface area contributed by atoms with Crippen molar-refractivity contribution < 1.29 is 23.4 Å². The van der Waals surface area contributed by atoms with Gasteiger partial charge in [-0.25, -0.2) is 8.78 Å². The van der Waals surface area contributed by atoms with Crippen LogP contribution < -0.4 is 4.74 Å². The first-order valence-corrected chi connectivity index (χ1v) is 9.60. The fraction of sp³-hybridized carbons (Fsp3) is 0.348. The molecule has 0 bridgehead atoms. The van der Waals surface area contributed by atoms with E-state index in [1.165, 1.54) is 18.2 Å². The number of carbonyl (C=O) groups excluding carboxylic acids is 1. The normalized spacial score (nSPS) is 19.5. The van der Waals surface area contributed by atoms with Gasteiger partial charge in [-0.3, -0.25) is 4.79 Å². The Labute approximate surface area is 169 Å². The molecule has 154 valence electrons. The van der Waals surface area contributed by atoms with E-state index in [1.54, 1.807) is 18.1 Å². The maximum atomic E-state index is 14.1. The van der Waals surface area contributed by atoms with Crippen LogP contribution in [-0.2, 0) is 11.2 Å². The van der Waals surface area contributed by atoms with Crippen molar-refractivity contribution in [3.05, 3.63) is 71.3 Å². The highest BCUT2D eigenvalue weighted by molar-refractivity contribution is 5.91. The van der Waals surface area contributed by atoms with Crippen LogP contribution in [0.15, 0.2) is 48.5 Å². The van der Waals surface area contributed by atoms with Gasteiger partial charge in [0.15, 0.2) is 0 Å². The third-order valence-electron chi connectivity index (χ3n) is 5.42. The van der Waals surface area contributed by atoms with E-state index >= 15 is 0 Å². The summed E-state index contributed by atoms with van der Waals surface area (Å²) in [6.45, 7) is 0.737. The Morgan fingerprint density at radius 1 is 1.24 bits per heavy atom. The molecule has 2 aromatic carbocycles. The summed E-state index contributed by atoms with van der Waals surface area (Å²) in [6.07, 6.45) is 4.88. The van der Waals surface area contributed by atoms with Gasteiger partial charge in [-0.1, -0.05) is 18.2 Å². The maximum absolute atomic E-state index is 14.1. The Bertz CT molecular complexity index is 882. The highest BCUT2D eigenvalue weighted by Crippen LogP contribution is 2.34. The molecule has 1 saturated heterocycles. The largest absolute Gasteiger partial charge is 0.497 e. The van der Waals surface area contributed by atoms with Crippen LogP contribution in [0.5, 0.6) is 5.75 Å². The number of ether oxygens (including phenoxy) is 1. The van der Waals surface area contributed by atoms with Crippen molar-refractivity contribution in [1.29, 1.82) is 0 Å². The van der Waals surface area contributed by atoms with Crippen LogP contribution in [-0.4, -0.2) is 42.7 Å². The molecule has 1 heterocycles. The Kier molecular flexibility index (Phi) is 6.64. The Hall–Kier alpha value is -2.73. The number of carbonyl (C=O) groups is 1. The topological polar surface area (TPSA) is 49.8 Å². The van der Waals surface area contributed by atoms with Crippen LogP contribution >= 0.6 is 0 Å². The molecule has 4 nitrogen and oxygen atoms in total. The molecule has 1 fully saturated rings. The molecule has 0 aliphatic carbocycles. The fourth-order valence-corrected chi connectivity index (χ4v) is 3.78. The molecule has 1 atom stereocenters. The smallest absolute Gasteiger partial charge is 0.246 e. The van der Waals surface area contributed by atoms with Crippen LogP contribution in [0.4, 0.5) is 8.78 Å². The number of nitrogens with zero attached hydrogens (tertiary/aromatic N) is 1. The summed E-state index contributed by atoms with van der Waals surface area (Å²) in [4.78, 5) is 14.4. The van der Waals surface area contributed by atoms with Gasteiger partial charge in [0.05, 0.1) is 13.7 Å². The summed E-state index contributed by atoms with van der Waals surface area (Å²) in [5.41, 5.74) is 0.585. The van der Waals surface area contributed by atoms with Gasteiger partial charge in [-0.15, -0.1) is 0 Å². The number of piperidine rings is 1. The number of methoxy groups -OCH3 is 1. The first-order valence-electron chi connectivity index (χ1n) is 9.60. The predicted molar refractivity (Wildman–Crippen MR) is 107 cm³/mol. The lowest BCUT2D eigenvalue weighted by atomic mass is 9.75. The van der Waals surface area contributed by atoms with Gasteiger partial charge in [0.25, 0.3) is 0 Å². The SMILES string of the molecule is COc1ccc(/C=C/C(=O)N2CCC[C@@](CO)(Cc3ccc(F)cc3F)C2)cc1. The van der Waals surface area contributed by atoms with E-state index in [-0.39, 0.29) is 18.9 Å². The van der Waals surface area contributed by atoms with Crippen LogP contribution in [0.3, 0.4) is 0 Å². The number of amides is 1. The third-order valence-corrected chi connectivity index (χ3v) is 5.42. The van der Waals surface area contributed by atoms with Gasteiger partial charge in [-0.05, 0) is 54.7 Å². The number of halogens is 2. The van der Waals surface area contributed by atoms with Gasteiger partial charge in [0, 0.05) is 30.6 Å². The van der Waals surface area contributed by atoms with Crippen LogP contribution in [0.25, 0.3) is 6.08 Å². The molecule has 0 unspecified atom stereocenters. The zero-order valence-electron chi connectivity index (χ0n) is 16.4. The van der Waals surface area contributed by atoms with Gasteiger partial charge < -0.3 is 14.7 Å². The average molecular weight is 401 g/mol. The van der Waals surface area contributed by atoms with Gasteiger partial charge >= 0.3 is 0 Å². The molecule has 0 saturated carbocycles. The molecule has 6 heteroatoms. The van der Waals surface area contributed by atoms with Gasteiger partial charge in [-0.2, -0.15) is 0 Å². The van der Waals surface area contributed by atoms with Crippen molar-refractivity contribution >= 4 is 12.0 Å². The lowest BCUT2D eigenvalue weighted by molar-refractivity contribution is -0.130. The number of hydrogen-bond donors (Lipinski definition) is 1. The monoisotopic (exact) mass is 401 g/mol. The molecule has 1 aliphatic rings. The lowest BCUT2D eigenvalue weighted by Crippen LogP contribution is -2.48. The van der Waals surface area contributed by atoms with Gasteiger partial charge in [0.1, 0.15) is 17.4 Å². The van der Waals surface area contributed by atoms with Crippen LogP contribution in [0.1, 0.15) is 24.0 Å². The minimum Gasteiger partial charge on any atom is -0.497 e. The van der Waals surface area contributed by atoms with Crippen LogP contribution in [0, 0.1) is 17.0 Å². The minimum atomic E-state index is -0.638. The number of rotatable bonds is 6. The molecule has 1 amide bonds. The number of likely N-dealkylation sites (tertiary alicyclic amines) is 1. The first kappa shape index (κ1) is 21.0. The zero-order valence-corrected chi connectivity index (χ0v) is 16.4. The van der Waals surface area contributed by atoms with E-state index in [4.69, 9.17) is 4.74 Å². The molecule has 1 aliphatic heterocycles.